The number of aryl methyl sites for hydroxylation is 1. The summed E-state index contributed by atoms with van der Waals surface area (Å²) in [5.74, 6) is 2.02. The van der Waals surface area contributed by atoms with Crippen molar-refractivity contribution in [2.24, 2.45) is 11.8 Å². The zero-order valence-electron chi connectivity index (χ0n) is 15.2. The number of nitrogens with one attached hydrogen (secondary N) is 1. The molecule has 2 heterocycles. The van der Waals surface area contributed by atoms with Gasteiger partial charge >= 0.3 is 0 Å². The van der Waals surface area contributed by atoms with Crippen molar-refractivity contribution in [3.05, 3.63) is 36.4 Å². The summed E-state index contributed by atoms with van der Waals surface area (Å²) in [7, 11) is 0. The topological polar surface area (TPSA) is 101 Å². The Bertz CT molecular complexity index is 961. The van der Waals surface area contributed by atoms with E-state index in [1.54, 1.807) is 13.1 Å². The summed E-state index contributed by atoms with van der Waals surface area (Å²) in [5, 5.41) is 21.3. The van der Waals surface area contributed by atoms with Crippen LogP contribution in [0.25, 0.3) is 22.2 Å². The third kappa shape index (κ3) is 3.83. The summed E-state index contributed by atoms with van der Waals surface area (Å²) in [6.45, 7) is 2.01. The van der Waals surface area contributed by atoms with Crippen LogP contribution in [0, 0.1) is 18.8 Å². The van der Waals surface area contributed by atoms with Crippen molar-refractivity contribution >= 4 is 22.6 Å². The zero-order valence-corrected chi connectivity index (χ0v) is 15.2. The summed E-state index contributed by atoms with van der Waals surface area (Å²) in [6.07, 6.45) is 5.06. The van der Waals surface area contributed by atoms with Crippen LogP contribution >= 0.6 is 0 Å². The molecule has 1 aromatic carbocycles. The van der Waals surface area contributed by atoms with Crippen LogP contribution in [0.15, 0.2) is 34.9 Å². The molecule has 1 amide bonds. The first-order valence-electron chi connectivity index (χ1n) is 9.24. The number of aliphatic hydroxyl groups excluding tert-OH is 1. The Morgan fingerprint density at radius 3 is 2.74 bits per heavy atom. The molecule has 140 valence electrons. The smallest absolute Gasteiger partial charge is 0.228 e. The molecule has 0 aliphatic heterocycles. The molecule has 0 atom stereocenters. The minimum absolute atomic E-state index is 0.0259. The van der Waals surface area contributed by atoms with Crippen LogP contribution in [-0.4, -0.2) is 32.8 Å². The third-order valence-electron chi connectivity index (χ3n) is 5.22. The lowest BCUT2D eigenvalue weighted by Crippen LogP contribution is -2.28. The van der Waals surface area contributed by atoms with Gasteiger partial charge in [-0.3, -0.25) is 4.79 Å². The van der Waals surface area contributed by atoms with Crippen molar-refractivity contribution in [1.82, 2.24) is 15.2 Å². The van der Waals surface area contributed by atoms with E-state index in [0.29, 0.717) is 23.4 Å². The number of rotatable bonds is 4. The second kappa shape index (κ2) is 7.44. The summed E-state index contributed by atoms with van der Waals surface area (Å²) < 4.78 is 5.58. The predicted molar refractivity (Wildman–Crippen MR) is 101 cm³/mol. The SMILES string of the molecule is Cc1ncc(-c2ccc3nnc(NC(=O)[C@H]4CC[C@H](CO)CC4)cc3c2)o1. The summed E-state index contributed by atoms with van der Waals surface area (Å²) in [5.41, 5.74) is 1.65. The minimum atomic E-state index is -0.0335. The largest absolute Gasteiger partial charge is 0.441 e. The van der Waals surface area contributed by atoms with Crippen LogP contribution in [-0.2, 0) is 4.79 Å². The van der Waals surface area contributed by atoms with Gasteiger partial charge < -0.3 is 14.8 Å². The normalized spacial score (nSPS) is 19.9. The van der Waals surface area contributed by atoms with E-state index < -0.39 is 0 Å². The fraction of sp³-hybridized carbons (Fsp3) is 0.400. The number of carbonyl (C=O) groups excluding carboxylic acids is 1. The molecule has 2 aromatic heterocycles. The van der Waals surface area contributed by atoms with Crippen molar-refractivity contribution in [2.75, 3.05) is 11.9 Å². The number of carbonyl (C=O) groups is 1. The molecule has 4 rings (SSSR count). The van der Waals surface area contributed by atoms with Crippen molar-refractivity contribution in [3.63, 3.8) is 0 Å². The van der Waals surface area contributed by atoms with E-state index in [4.69, 9.17) is 4.42 Å². The number of aromatic nitrogens is 3. The molecule has 1 aliphatic rings. The fourth-order valence-corrected chi connectivity index (χ4v) is 3.59. The van der Waals surface area contributed by atoms with Gasteiger partial charge in [0, 0.05) is 30.4 Å². The Morgan fingerprint density at radius 1 is 1.22 bits per heavy atom. The van der Waals surface area contributed by atoms with Crippen molar-refractivity contribution in [3.8, 4) is 11.3 Å². The molecule has 7 nitrogen and oxygen atoms in total. The minimum Gasteiger partial charge on any atom is -0.441 e. The van der Waals surface area contributed by atoms with Crippen molar-refractivity contribution < 1.29 is 14.3 Å². The van der Waals surface area contributed by atoms with E-state index in [-0.39, 0.29) is 18.4 Å². The van der Waals surface area contributed by atoms with Crippen molar-refractivity contribution in [1.29, 1.82) is 0 Å². The highest BCUT2D eigenvalue weighted by atomic mass is 16.4. The fourth-order valence-electron chi connectivity index (χ4n) is 3.59. The van der Waals surface area contributed by atoms with Gasteiger partial charge in [-0.05, 0) is 55.9 Å². The third-order valence-corrected chi connectivity index (χ3v) is 5.22. The van der Waals surface area contributed by atoms with Gasteiger partial charge in [-0.15, -0.1) is 10.2 Å². The van der Waals surface area contributed by atoms with Gasteiger partial charge in [0.15, 0.2) is 17.5 Å². The number of fused-ring (bicyclic) bond motifs is 1. The maximum absolute atomic E-state index is 12.5. The van der Waals surface area contributed by atoms with Crippen LogP contribution in [0.2, 0.25) is 0 Å². The summed E-state index contributed by atoms with van der Waals surface area (Å²) in [4.78, 5) is 16.7. The van der Waals surface area contributed by atoms with Gasteiger partial charge in [0.1, 0.15) is 0 Å². The van der Waals surface area contributed by atoms with Crippen LogP contribution < -0.4 is 5.32 Å². The number of nitrogens with zero attached hydrogens (tertiary/aromatic N) is 3. The Kier molecular flexibility index (Phi) is 4.85. The molecule has 0 bridgehead atoms. The van der Waals surface area contributed by atoms with E-state index in [1.807, 2.05) is 24.3 Å². The Labute approximate surface area is 156 Å². The highest BCUT2D eigenvalue weighted by Crippen LogP contribution is 2.30. The second-order valence-electron chi connectivity index (χ2n) is 7.14. The van der Waals surface area contributed by atoms with Crippen LogP contribution in [0.5, 0.6) is 0 Å². The van der Waals surface area contributed by atoms with Gasteiger partial charge in [0.25, 0.3) is 0 Å². The molecule has 0 spiro atoms. The number of amides is 1. The first-order chi connectivity index (χ1) is 13.1. The lowest BCUT2D eigenvalue weighted by atomic mass is 9.82. The molecular weight excluding hydrogens is 344 g/mol. The van der Waals surface area contributed by atoms with Gasteiger partial charge in [-0.2, -0.15) is 0 Å². The zero-order chi connectivity index (χ0) is 18.8. The van der Waals surface area contributed by atoms with Gasteiger partial charge in [-0.1, -0.05) is 0 Å². The van der Waals surface area contributed by atoms with Gasteiger partial charge in [-0.25, -0.2) is 4.98 Å². The number of hydrogen-bond acceptors (Lipinski definition) is 6. The number of aliphatic hydroxyl groups is 1. The standard InChI is InChI=1S/C20H22N4O3/c1-12-21-10-18(27-12)15-6-7-17-16(8-15)9-19(24-23-17)22-20(26)14-4-2-13(11-25)3-5-14/h6-10,13-14,25H,2-5,11H2,1H3,(H,22,24,26)/t13-,14-. The monoisotopic (exact) mass is 366 g/mol. The number of oxazole rings is 1. The first kappa shape index (κ1) is 17.6. The van der Waals surface area contributed by atoms with E-state index in [0.717, 1.165) is 42.1 Å². The van der Waals surface area contributed by atoms with E-state index in [9.17, 15) is 9.90 Å². The lowest BCUT2D eigenvalue weighted by Gasteiger charge is -2.26. The molecule has 1 fully saturated rings. The molecule has 1 saturated carbocycles. The second-order valence-corrected chi connectivity index (χ2v) is 7.14. The lowest BCUT2D eigenvalue weighted by molar-refractivity contribution is -0.121. The summed E-state index contributed by atoms with van der Waals surface area (Å²) in [6, 6.07) is 7.56. The Hall–Kier alpha value is -2.80. The average molecular weight is 366 g/mol. The number of anilines is 1. The molecule has 7 heteroatoms. The Balaban J connectivity index is 1.51. The van der Waals surface area contributed by atoms with Crippen LogP contribution in [0.1, 0.15) is 31.6 Å². The molecule has 2 N–H and O–H groups in total. The van der Waals surface area contributed by atoms with Crippen molar-refractivity contribution in [2.45, 2.75) is 32.6 Å². The van der Waals surface area contributed by atoms with E-state index in [2.05, 4.69) is 20.5 Å². The molecule has 0 radical (unpaired) electrons. The van der Waals surface area contributed by atoms with Crippen LogP contribution in [0.3, 0.4) is 0 Å². The summed E-state index contributed by atoms with van der Waals surface area (Å²) >= 11 is 0. The van der Waals surface area contributed by atoms with Gasteiger partial charge in [0.05, 0.1) is 11.7 Å². The first-order valence-corrected chi connectivity index (χ1v) is 9.24. The molecule has 1 aliphatic carbocycles. The van der Waals surface area contributed by atoms with E-state index in [1.165, 1.54) is 0 Å². The van der Waals surface area contributed by atoms with Crippen LogP contribution in [0.4, 0.5) is 5.82 Å². The molecule has 3 aromatic rings. The molecule has 0 saturated heterocycles. The molecular formula is C20H22N4O3. The van der Waals surface area contributed by atoms with E-state index >= 15 is 0 Å². The highest BCUT2D eigenvalue weighted by Gasteiger charge is 2.26. The molecule has 0 unspecified atom stereocenters. The maximum atomic E-state index is 12.5. The maximum Gasteiger partial charge on any atom is 0.228 e. The molecule has 27 heavy (non-hydrogen) atoms. The number of benzene rings is 1. The van der Waals surface area contributed by atoms with Gasteiger partial charge in [0.2, 0.25) is 5.91 Å². The quantitative estimate of drug-likeness (QED) is 0.734. The Morgan fingerprint density at radius 2 is 2.04 bits per heavy atom. The highest BCUT2D eigenvalue weighted by molar-refractivity contribution is 5.94. The predicted octanol–water partition coefficient (Wildman–Crippen LogP) is 3.33. The average Bonchev–Trinajstić information content (AvgIpc) is 3.14. The number of hydrogen-bond donors (Lipinski definition) is 2.